The summed E-state index contributed by atoms with van der Waals surface area (Å²) >= 11 is 0. The maximum absolute atomic E-state index is 13.2. The van der Waals surface area contributed by atoms with Crippen LogP contribution in [0.4, 0.5) is 0 Å². The Balaban J connectivity index is 2.47. The summed E-state index contributed by atoms with van der Waals surface area (Å²) in [7, 11) is 0. The quantitative estimate of drug-likeness (QED) is 0.214. The predicted molar refractivity (Wildman–Crippen MR) is 130 cm³/mol. The van der Waals surface area contributed by atoms with Gasteiger partial charge in [0.15, 0.2) is 0 Å². The van der Waals surface area contributed by atoms with Crippen molar-refractivity contribution in [3.05, 3.63) is 24.3 Å². The molecule has 0 amide bonds. The Hall–Kier alpha value is -2.24. The zero-order chi connectivity index (χ0) is 26.2. The second-order valence-electron chi connectivity index (χ2n) is 12.4. The lowest BCUT2D eigenvalue weighted by Gasteiger charge is -2.50. The lowest BCUT2D eigenvalue weighted by atomic mass is 9.52. The minimum Gasteiger partial charge on any atom is -0.393 e. The van der Waals surface area contributed by atoms with E-state index < -0.39 is 52.5 Å². The standard InChI is InChI=1S/C28H42O6/c1-16(2)11-18(5)26(6,7)15-20-22(25(32)34-24(20)31)28(10,13-17(3)4)27(8,9)14-19-12-21(29)33-23(19)30/h18-20,22H,1,3,11-15H2,2,4-10H3. The topological polar surface area (TPSA) is 86.7 Å². The number of carbonyl (C=O) groups excluding carboxylic acids is 4. The lowest BCUT2D eigenvalue weighted by Crippen LogP contribution is -2.48. The molecule has 0 spiro atoms. The molecule has 2 aliphatic heterocycles. The zero-order valence-corrected chi connectivity index (χ0v) is 22.2. The highest BCUT2D eigenvalue weighted by atomic mass is 16.6. The molecule has 0 aliphatic carbocycles. The van der Waals surface area contributed by atoms with Gasteiger partial charge in [0, 0.05) is 0 Å². The molecule has 0 aromatic heterocycles. The third-order valence-electron chi connectivity index (χ3n) is 8.51. The zero-order valence-electron chi connectivity index (χ0n) is 22.2. The van der Waals surface area contributed by atoms with E-state index in [1.165, 1.54) is 0 Å². The molecule has 2 fully saturated rings. The molecule has 0 aromatic carbocycles. The van der Waals surface area contributed by atoms with E-state index in [1.807, 2.05) is 34.6 Å². The molecule has 34 heavy (non-hydrogen) atoms. The number of cyclic esters (lactones) is 4. The summed E-state index contributed by atoms with van der Waals surface area (Å²) in [6, 6.07) is 0. The second kappa shape index (κ2) is 9.79. The number of ether oxygens (including phenoxy) is 2. The van der Waals surface area contributed by atoms with Gasteiger partial charge in [0.05, 0.1) is 24.2 Å². The van der Waals surface area contributed by atoms with Crippen LogP contribution in [0.25, 0.3) is 0 Å². The summed E-state index contributed by atoms with van der Waals surface area (Å²) in [5, 5.41) is 0. The molecule has 2 saturated heterocycles. The fourth-order valence-electron chi connectivity index (χ4n) is 5.93. The van der Waals surface area contributed by atoms with E-state index in [4.69, 9.17) is 9.47 Å². The van der Waals surface area contributed by atoms with Crippen LogP contribution in [0.15, 0.2) is 24.3 Å². The molecule has 6 heteroatoms. The van der Waals surface area contributed by atoms with E-state index >= 15 is 0 Å². The monoisotopic (exact) mass is 474 g/mol. The van der Waals surface area contributed by atoms with Crippen molar-refractivity contribution >= 4 is 23.9 Å². The van der Waals surface area contributed by atoms with Crippen LogP contribution in [-0.4, -0.2) is 23.9 Å². The highest BCUT2D eigenvalue weighted by Gasteiger charge is 2.60. The first-order valence-electron chi connectivity index (χ1n) is 12.2. The van der Waals surface area contributed by atoms with Crippen molar-refractivity contribution in [1.82, 2.24) is 0 Å². The van der Waals surface area contributed by atoms with E-state index in [9.17, 15) is 19.2 Å². The number of carbonyl (C=O) groups is 4. The van der Waals surface area contributed by atoms with Gasteiger partial charge in [-0.25, -0.2) is 0 Å². The average Bonchev–Trinajstić information content (AvgIpc) is 3.10. The molecular formula is C28H42O6. The van der Waals surface area contributed by atoms with Crippen LogP contribution in [0.3, 0.4) is 0 Å². The van der Waals surface area contributed by atoms with Gasteiger partial charge in [0.25, 0.3) is 0 Å². The Morgan fingerprint density at radius 3 is 1.97 bits per heavy atom. The summed E-state index contributed by atoms with van der Waals surface area (Å²) in [5.41, 5.74) is 0.392. The minimum atomic E-state index is -0.730. The molecule has 0 N–H and O–H groups in total. The Bertz CT molecular complexity index is 895. The highest BCUT2D eigenvalue weighted by Crippen LogP contribution is 2.58. The van der Waals surface area contributed by atoms with E-state index in [1.54, 1.807) is 0 Å². The van der Waals surface area contributed by atoms with Crippen molar-refractivity contribution < 1.29 is 28.7 Å². The Morgan fingerprint density at radius 2 is 1.50 bits per heavy atom. The molecule has 2 rings (SSSR count). The van der Waals surface area contributed by atoms with E-state index in [2.05, 4.69) is 33.9 Å². The van der Waals surface area contributed by atoms with Crippen LogP contribution in [0.1, 0.15) is 87.5 Å². The summed E-state index contributed by atoms with van der Waals surface area (Å²) in [4.78, 5) is 50.2. The normalized spacial score (nSPS) is 26.2. The Kier molecular flexibility index (Phi) is 8.06. The van der Waals surface area contributed by atoms with Crippen molar-refractivity contribution in [3.8, 4) is 0 Å². The van der Waals surface area contributed by atoms with Gasteiger partial charge >= 0.3 is 23.9 Å². The molecule has 2 heterocycles. The molecule has 2 aliphatic rings. The second-order valence-corrected chi connectivity index (χ2v) is 12.4. The summed E-state index contributed by atoms with van der Waals surface area (Å²) in [5.74, 6) is -3.63. The van der Waals surface area contributed by atoms with Crippen molar-refractivity contribution in [2.45, 2.75) is 87.5 Å². The first kappa shape index (κ1) is 28.0. The highest BCUT2D eigenvalue weighted by molar-refractivity contribution is 5.97. The van der Waals surface area contributed by atoms with E-state index in [0.717, 1.165) is 17.6 Å². The van der Waals surface area contributed by atoms with Crippen LogP contribution < -0.4 is 0 Å². The van der Waals surface area contributed by atoms with Crippen molar-refractivity contribution in [2.24, 2.45) is 39.9 Å². The Morgan fingerprint density at radius 1 is 0.912 bits per heavy atom. The lowest BCUT2D eigenvalue weighted by molar-refractivity contribution is -0.156. The van der Waals surface area contributed by atoms with Gasteiger partial charge in [-0.2, -0.15) is 0 Å². The van der Waals surface area contributed by atoms with Gasteiger partial charge in [-0.1, -0.05) is 52.7 Å². The predicted octanol–water partition coefficient (Wildman–Crippen LogP) is 5.80. The molecule has 0 saturated carbocycles. The molecule has 0 radical (unpaired) electrons. The minimum absolute atomic E-state index is 0.0360. The summed E-state index contributed by atoms with van der Waals surface area (Å²) in [6.07, 6.45) is 2.22. The first-order valence-corrected chi connectivity index (χ1v) is 12.2. The van der Waals surface area contributed by atoms with Crippen LogP contribution >= 0.6 is 0 Å². The average molecular weight is 475 g/mol. The van der Waals surface area contributed by atoms with Gasteiger partial charge in [-0.05, 0) is 61.7 Å². The van der Waals surface area contributed by atoms with Crippen molar-refractivity contribution in [2.75, 3.05) is 0 Å². The molecule has 0 aromatic rings. The maximum Gasteiger partial charge on any atom is 0.318 e. The SMILES string of the molecule is C=C(C)CC(C)C(C)(C)CC1C(=O)OC(=O)C1C(C)(CC(=C)C)C(C)(C)CC1CC(=O)OC1=O. The largest absolute Gasteiger partial charge is 0.393 e. The number of esters is 4. The van der Waals surface area contributed by atoms with Crippen LogP contribution in [0.2, 0.25) is 0 Å². The van der Waals surface area contributed by atoms with Gasteiger partial charge in [-0.15, -0.1) is 13.2 Å². The van der Waals surface area contributed by atoms with Crippen LogP contribution in [0, 0.1) is 39.9 Å². The van der Waals surface area contributed by atoms with E-state index in [0.29, 0.717) is 19.3 Å². The van der Waals surface area contributed by atoms with Gasteiger partial charge in [0.2, 0.25) is 0 Å². The smallest absolute Gasteiger partial charge is 0.318 e. The first-order chi connectivity index (χ1) is 15.4. The van der Waals surface area contributed by atoms with Gasteiger partial charge in [-0.3, -0.25) is 19.2 Å². The molecule has 5 unspecified atom stereocenters. The number of allylic oxidation sites excluding steroid dienone is 2. The molecule has 5 atom stereocenters. The fourth-order valence-corrected chi connectivity index (χ4v) is 5.93. The third kappa shape index (κ3) is 5.69. The number of rotatable bonds is 11. The van der Waals surface area contributed by atoms with Crippen molar-refractivity contribution in [3.63, 3.8) is 0 Å². The summed E-state index contributed by atoms with van der Waals surface area (Å²) in [6.45, 7) is 24.4. The van der Waals surface area contributed by atoms with Gasteiger partial charge in [0.1, 0.15) is 0 Å². The molecule has 6 nitrogen and oxygen atoms in total. The Labute approximate surface area is 204 Å². The van der Waals surface area contributed by atoms with Crippen molar-refractivity contribution in [1.29, 1.82) is 0 Å². The molecule has 0 bridgehead atoms. The fraction of sp³-hybridized carbons (Fsp3) is 0.714. The molecular weight excluding hydrogens is 432 g/mol. The number of hydrogen-bond donors (Lipinski definition) is 0. The maximum atomic E-state index is 13.2. The van der Waals surface area contributed by atoms with Crippen LogP contribution in [0.5, 0.6) is 0 Å². The summed E-state index contributed by atoms with van der Waals surface area (Å²) < 4.78 is 10.0. The van der Waals surface area contributed by atoms with Gasteiger partial charge < -0.3 is 9.47 Å². The number of hydrogen-bond acceptors (Lipinski definition) is 6. The van der Waals surface area contributed by atoms with Crippen LogP contribution in [-0.2, 0) is 28.7 Å². The molecule has 190 valence electrons. The third-order valence-corrected chi connectivity index (χ3v) is 8.51. The van der Waals surface area contributed by atoms with E-state index in [-0.39, 0.29) is 17.8 Å².